The molecule has 1 aliphatic rings. The highest BCUT2D eigenvalue weighted by Gasteiger charge is 2.21. The van der Waals surface area contributed by atoms with Crippen molar-refractivity contribution in [2.75, 3.05) is 21.3 Å². The lowest BCUT2D eigenvalue weighted by Gasteiger charge is -2.13. The molecule has 0 unspecified atom stereocenters. The molecule has 0 amide bonds. The Bertz CT molecular complexity index is 444. The molecule has 1 aliphatic carbocycles. The van der Waals surface area contributed by atoms with Crippen LogP contribution in [0.2, 0.25) is 0 Å². The first kappa shape index (κ1) is 17.1. The second-order valence-corrected chi connectivity index (χ2v) is 4.80. The van der Waals surface area contributed by atoms with Crippen LogP contribution in [-0.2, 0) is 0 Å². The maximum Gasteiger partial charge on any atom is 0.213 e. The van der Waals surface area contributed by atoms with E-state index in [0.29, 0.717) is 11.5 Å². The predicted octanol–water partition coefficient (Wildman–Crippen LogP) is 3.31. The minimum Gasteiger partial charge on any atom is -0.497 e. The number of ether oxygens (including phenoxy) is 3. The highest BCUT2D eigenvalue weighted by Crippen LogP contribution is 2.30. The molecule has 0 heterocycles. The number of benzene rings is 1. The number of nitro groups is 1. The predicted molar refractivity (Wildman–Crippen MR) is 80.0 cm³/mol. The largest absolute Gasteiger partial charge is 0.497 e. The van der Waals surface area contributed by atoms with E-state index in [1.54, 1.807) is 33.5 Å². The third-order valence-electron chi connectivity index (χ3n) is 3.46. The van der Waals surface area contributed by atoms with Crippen LogP contribution in [0.1, 0.15) is 32.1 Å². The maximum atomic E-state index is 10.2. The third kappa shape index (κ3) is 5.49. The van der Waals surface area contributed by atoms with Gasteiger partial charge in [-0.25, -0.2) is 0 Å². The molecule has 0 spiro atoms. The lowest BCUT2D eigenvalue weighted by Crippen LogP contribution is -2.21. The molecule has 0 radical (unpaired) electrons. The second-order valence-electron chi connectivity index (χ2n) is 4.80. The Kier molecular flexibility index (Phi) is 7.36. The van der Waals surface area contributed by atoms with E-state index < -0.39 is 0 Å². The van der Waals surface area contributed by atoms with Gasteiger partial charge in [0.1, 0.15) is 5.75 Å². The molecule has 1 aromatic carbocycles. The Hall–Kier alpha value is -1.98. The van der Waals surface area contributed by atoms with Gasteiger partial charge >= 0.3 is 0 Å². The van der Waals surface area contributed by atoms with Crippen LogP contribution in [0.4, 0.5) is 0 Å². The first-order chi connectivity index (χ1) is 10.1. The summed E-state index contributed by atoms with van der Waals surface area (Å²) in [6.45, 7) is 0. The van der Waals surface area contributed by atoms with Gasteiger partial charge in [-0.3, -0.25) is 10.1 Å². The summed E-state index contributed by atoms with van der Waals surface area (Å²) in [6.07, 6.45) is 4.88. The van der Waals surface area contributed by atoms with Crippen molar-refractivity contribution >= 4 is 0 Å². The zero-order valence-corrected chi connectivity index (χ0v) is 12.8. The number of hydrogen-bond donors (Lipinski definition) is 0. The van der Waals surface area contributed by atoms with Crippen LogP contribution in [0.3, 0.4) is 0 Å². The van der Waals surface area contributed by atoms with Crippen LogP contribution in [0.25, 0.3) is 0 Å². The molecule has 21 heavy (non-hydrogen) atoms. The lowest BCUT2D eigenvalue weighted by molar-refractivity contribution is -0.526. The average molecular weight is 297 g/mol. The van der Waals surface area contributed by atoms with Gasteiger partial charge in [-0.1, -0.05) is 6.42 Å². The molecule has 6 nitrogen and oxygen atoms in total. The van der Waals surface area contributed by atoms with Crippen LogP contribution in [0.5, 0.6) is 17.2 Å². The van der Waals surface area contributed by atoms with E-state index >= 15 is 0 Å². The summed E-state index contributed by atoms with van der Waals surface area (Å²) in [6, 6.07) is 5.18. The van der Waals surface area contributed by atoms with Crippen molar-refractivity contribution in [3.63, 3.8) is 0 Å². The summed E-state index contributed by atoms with van der Waals surface area (Å²) in [5.41, 5.74) is 0. The zero-order valence-electron chi connectivity index (χ0n) is 12.8. The first-order valence-corrected chi connectivity index (χ1v) is 7.01. The van der Waals surface area contributed by atoms with Crippen molar-refractivity contribution in [3.8, 4) is 17.2 Å². The van der Waals surface area contributed by atoms with E-state index in [2.05, 4.69) is 0 Å². The third-order valence-corrected chi connectivity index (χ3v) is 3.46. The lowest BCUT2D eigenvalue weighted by atomic mass is 9.96. The van der Waals surface area contributed by atoms with Gasteiger partial charge in [-0.2, -0.15) is 0 Å². The normalized spacial score (nSPS) is 14.6. The topological polar surface area (TPSA) is 70.8 Å². The molecule has 0 bridgehead atoms. The van der Waals surface area contributed by atoms with E-state index in [9.17, 15) is 10.1 Å². The highest BCUT2D eigenvalue weighted by molar-refractivity contribution is 5.45. The van der Waals surface area contributed by atoms with Crippen molar-refractivity contribution in [3.05, 3.63) is 28.3 Å². The van der Waals surface area contributed by atoms with E-state index in [1.807, 2.05) is 6.07 Å². The fourth-order valence-electron chi connectivity index (χ4n) is 2.24. The molecule has 0 saturated heterocycles. The molecule has 0 aromatic heterocycles. The Morgan fingerprint density at radius 1 is 1.00 bits per heavy atom. The summed E-state index contributed by atoms with van der Waals surface area (Å²) < 4.78 is 15.1. The molecule has 0 atom stereocenters. The summed E-state index contributed by atoms with van der Waals surface area (Å²) in [5.74, 6) is 2.14. The SMILES string of the molecule is COc1ccc(OC)c(OC)c1.O=[N+]([O-])C1CCCCC1. The molecule has 0 aliphatic heterocycles. The quantitative estimate of drug-likeness (QED) is 0.630. The summed E-state index contributed by atoms with van der Waals surface area (Å²) in [7, 11) is 4.81. The van der Waals surface area contributed by atoms with Crippen molar-refractivity contribution in [1.29, 1.82) is 0 Å². The van der Waals surface area contributed by atoms with E-state index in [4.69, 9.17) is 14.2 Å². The fraction of sp³-hybridized carbons (Fsp3) is 0.600. The average Bonchev–Trinajstić information content (AvgIpc) is 2.55. The van der Waals surface area contributed by atoms with Crippen LogP contribution < -0.4 is 14.2 Å². The van der Waals surface area contributed by atoms with Gasteiger partial charge < -0.3 is 14.2 Å². The smallest absolute Gasteiger partial charge is 0.213 e. The summed E-state index contributed by atoms with van der Waals surface area (Å²) >= 11 is 0. The Morgan fingerprint density at radius 3 is 2.05 bits per heavy atom. The van der Waals surface area contributed by atoms with Crippen molar-refractivity contribution < 1.29 is 19.1 Å². The summed E-state index contributed by atoms with van der Waals surface area (Å²) in [4.78, 5) is 10.0. The molecule has 1 saturated carbocycles. The number of rotatable bonds is 4. The van der Waals surface area contributed by atoms with Gasteiger partial charge in [0, 0.05) is 23.8 Å². The van der Waals surface area contributed by atoms with Gasteiger partial charge in [-0.05, 0) is 25.0 Å². The van der Waals surface area contributed by atoms with Crippen molar-refractivity contribution in [1.82, 2.24) is 0 Å². The van der Waals surface area contributed by atoms with E-state index in [1.165, 1.54) is 6.42 Å². The molecule has 118 valence electrons. The van der Waals surface area contributed by atoms with Gasteiger partial charge in [-0.15, -0.1) is 0 Å². The molecular formula is C15H23NO5. The first-order valence-electron chi connectivity index (χ1n) is 7.01. The minimum atomic E-state index is -0.223. The Labute approximate surface area is 125 Å². The zero-order chi connectivity index (χ0) is 15.7. The molecular weight excluding hydrogens is 274 g/mol. The standard InChI is InChI=1S/C9H12O3.C6H11NO2/c1-10-7-4-5-8(11-2)9(6-7)12-3;8-7(9)6-4-2-1-3-5-6/h4-6H,1-3H3;6H,1-5H2. The van der Waals surface area contributed by atoms with Crippen LogP contribution in [0, 0.1) is 10.1 Å². The maximum absolute atomic E-state index is 10.2. The molecule has 1 aromatic rings. The Balaban J connectivity index is 0.000000219. The van der Waals surface area contributed by atoms with E-state index in [-0.39, 0.29) is 11.0 Å². The molecule has 6 heteroatoms. The Morgan fingerprint density at radius 2 is 1.62 bits per heavy atom. The number of nitrogens with zero attached hydrogens (tertiary/aromatic N) is 1. The molecule has 2 rings (SSSR count). The van der Waals surface area contributed by atoms with Gasteiger partial charge in [0.25, 0.3) is 0 Å². The van der Waals surface area contributed by atoms with Crippen LogP contribution >= 0.6 is 0 Å². The monoisotopic (exact) mass is 297 g/mol. The van der Waals surface area contributed by atoms with E-state index in [0.717, 1.165) is 31.4 Å². The molecule has 1 fully saturated rings. The molecule has 0 N–H and O–H groups in total. The number of methoxy groups -OCH3 is 3. The fourth-order valence-corrected chi connectivity index (χ4v) is 2.24. The summed E-state index contributed by atoms with van der Waals surface area (Å²) in [5, 5.41) is 10.2. The van der Waals surface area contributed by atoms with Gasteiger partial charge in [0.2, 0.25) is 6.04 Å². The van der Waals surface area contributed by atoms with Crippen LogP contribution in [0.15, 0.2) is 18.2 Å². The van der Waals surface area contributed by atoms with Crippen LogP contribution in [-0.4, -0.2) is 32.3 Å². The minimum absolute atomic E-state index is 0.140. The second kappa shape index (κ2) is 9.05. The van der Waals surface area contributed by atoms with Crippen molar-refractivity contribution in [2.45, 2.75) is 38.1 Å². The highest BCUT2D eigenvalue weighted by atomic mass is 16.6. The number of hydrogen-bond acceptors (Lipinski definition) is 5. The van der Waals surface area contributed by atoms with Crippen molar-refractivity contribution in [2.24, 2.45) is 0 Å². The van der Waals surface area contributed by atoms with Gasteiger partial charge in [0.05, 0.1) is 21.3 Å². The van der Waals surface area contributed by atoms with Gasteiger partial charge in [0.15, 0.2) is 11.5 Å².